The highest BCUT2D eigenvalue weighted by molar-refractivity contribution is 5.86. The zero-order valence-electron chi connectivity index (χ0n) is 13.2. The molecule has 1 atom stereocenters. The first kappa shape index (κ1) is 16.1. The van der Waals surface area contributed by atoms with Gasteiger partial charge in [-0.3, -0.25) is 0 Å². The molecule has 1 aliphatic carbocycles. The maximum atomic E-state index is 12.6. The van der Waals surface area contributed by atoms with Gasteiger partial charge in [0, 0.05) is 12.6 Å². The predicted octanol–water partition coefficient (Wildman–Crippen LogP) is 2.99. The van der Waals surface area contributed by atoms with Crippen molar-refractivity contribution < 1.29 is 14.7 Å². The van der Waals surface area contributed by atoms with Crippen LogP contribution >= 0.6 is 0 Å². The Morgan fingerprint density at radius 1 is 1.14 bits per heavy atom. The van der Waals surface area contributed by atoms with Crippen LogP contribution < -0.4 is 5.32 Å². The number of nitrogens with one attached hydrogen (secondary N) is 1. The lowest BCUT2D eigenvalue weighted by molar-refractivity contribution is -0.144. The monoisotopic (exact) mass is 296 g/mol. The first-order chi connectivity index (χ1) is 10.0. The van der Waals surface area contributed by atoms with E-state index in [2.05, 4.69) is 5.32 Å². The largest absolute Gasteiger partial charge is 0.480 e. The molecular formula is C16H28N2O3. The molecule has 2 N–H and O–H groups in total. The van der Waals surface area contributed by atoms with E-state index in [0.29, 0.717) is 24.8 Å². The highest BCUT2D eigenvalue weighted by Gasteiger charge is 2.41. The van der Waals surface area contributed by atoms with E-state index in [1.165, 1.54) is 25.7 Å². The number of carbonyl (C=O) groups excluding carboxylic acids is 1. The number of hydrogen-bond donors (Lipinski definition) is 2. The van der Waals surface area contributed by atoms with Crippen LogP contribution in [-0.4, -0.2) is 40.1 Å². The van der Waals surface area contributed by atoms with Crippen molar-refractivity contribution in [2.75, 3.05) is 6.54 Å². The summed E-state index contributed by atoms with van der Waals surface area (Å²) >= 11 is 0. The number of aliphatic carboxylic acids is 1. The number of carboxylic acids is 1. The molecule has 5 nitrogen and oxygen atoms in total. The molecule has 2 aliphatic rings. The maximum Gasteiger partial charge on any atom is 0.329 e. The normalized spacial score (nSPS) is 23.5. The summed E-state index contributed by atoms with van der Waals surface area (Å²) in [5.74, 6) is -0.321. The Labute approximate surface area is 127 Å². The predicted molar refractivity (Wildman–Crippen MR) is 81.2 cm³/mol. The molecule has 2 rings (SSSR count). The van der Waals surface area contributed by atoms with Crippen molar-refractivity contribution in [3.63, 3.8) is 0 Å². The number of carboxylic acid groups (broad SMARTS) is 1. The minimum Gasteiger partial charge on any atom is -0.480 e. The molecule has 1 aliphatic heterocycles. The third-order valence-corrected chi connectivity index (χ3v) is 5.47. The van der Waals surface area contributed by atoms with Crippen LogP contribution in [0.1, 0.15) is 65.2 Å². The van der Waals surface area contributed by atoms with Crippen molar-refractivity contribution in [2.24, 2.45) is 5.92 Å². The van der Waals surface area contributed by atoms with Crippen LogP contribution in [0, 0.1) is 5.92 Å². The highest BCUT2D eigenvalue weighted by Crippen LogP contribution is 2.35. The van der Waals surface area contributed by atoms with E-state index in [-0.39, 0.29) is 6.03 Å². The van der Waals surface area contributed by atoms with Crippen LogP contribution in [0.3, 0.4) is 0 Å². The maximum absolute atomic E-state index is 12.6. The number of nitrogens with zero attached hydrogens (tertiary/aromatic N) is 1. The third-order valence-electron chi connectivity index (χ3n) is 5.47. The summed E-state index contributed by atoms with van der Waals surface area (Å²) in [5, 5.41) is 12.3. The van der Waals surface area contributed by atoms with E-state index in [0.717, 1.165) is 19.4 Å². The summed E-state index contributed by atoms with van der Waals surface area (Å²) < 4.78 is 0. The van der Waals surface area contributed by atoms with E-state index in [4.69, 9.17) is 0 Å². The molecule has 0 bridgehead atoms. The summed E-state index contributed by atoms with van der Waals surface area (Å²) in [6.45, 7) is 4.39. The molecule has 1 saturated carbocycles. The number of urea groups is 1. The van der Waals surface area contributed by atoms with Gasteiger partial charge in [-0.2, -0.15) is 0 Å². The smallest absolute Gasteiger partial charge is 0.329 e. The lowest BCUT2D eigenvalue weighted by Crippen LogP contribution is -2.58. The fourth-order valence-corrected chi connectivity index (χ4v) is 3.94. The molecule has 2 fully saturated rings. The fourth-order valence-electron chi connectivity index (χ4n) is 3.94. The van der Waals surface area contributed by atoms with Gasteiger partial charge in [0.15, 0.2) is 0 Å². The zero-order valence-corrected chi connectivity index (χ0v) is 13.2. The van der Waals surface area contributed by atoms with Gasteiger partial charge in [-0.1, -0.05) is 26.7 Å². The van der Waals surface area contributed by atoms with Crippen LogP contribution in [0.15, 0.2) is 0 Å². The van der Waals surface area contributed by atoms with Gasteiger partial charge < -0.3 is 15.3 Å². The second-order valence-electron chi connectivity index (χ2n) is 6.47. The van der Waals surface area contributed by atoms with Crippen molar-refractivity contribution in [1.29, 1.82) is 0 Å². The minimum absolute atomic E-state index is 0.185. The molecule has 5 heteroatoms. The summed E-state index contributed by atoms with van der Waals surface area (Å²) in [4.78, 5) is 26.0. The number of rotatable bonds is 5. The Morgan fingerprint density at radius 2 is 1.76 bits per heavy atom. The highest BCUT2D eigenvalue weighted by atomic mass is 16.4. The van der Waals surface area contributed by atoms with Gasteiger partial charge in [0.25, 0.3) is 0 Å². The van der Waals surface area contributed by atoms with E-state index in [1.807, 2.05) is 18.7 Å². The van der Waals surface area contributed by atoms with Crippen LogP contribution in [0.5, 0.6) is 0 Å². The summed E-state index contributed by atoms with van der Waals surface area (Å²) in [6, 6.07) is 0.128. The summed E-state index contributed by atoms with van der Waals surface area (Å²) in [6.07, 6.45) is 7.86. The molecular weight excluding hydrogens is 268 g/mol. The van der Waals surface area contributed by atoms with Crippen LogP contribution in [0.2, 0.25) is 0 Å². The molecule has 0 radical (unpaired) electrons. The first-order valence-electron chi connectivity index (χ1n) is 8.36. The third kappa shape index (κ3) is 3.16. The number of amides is 2. The number of carbonyl (C=O) groups is 2. The second-order valence-corrected chi connectivity index (χ2v) is 6.47. The van der Waals surface area contributed by atoms with E-state index >= 15 is 0 Å². The average molecular weight is 296 g/mol. The molecule has 21 heavy (non-hydrogen) atoms. The second kappa shape index (κ2) is 6.67. The molecule has 120 valence electrons. The Morgan fingerprint density at radius 3 is 2.29 bits per heavy atom. The molecule has 2 amide bonds. The minimum atomic E-state index is -1.13. The quantitative estimate of drug-likeness (QED) is 0.819. The van der Waals surface area contributed by atoms with Crippen LogP contribution in [0.4, 0.5) is 4.79 Å². The molecule has 1 unspecified atom stereocenters. The zero-order chi connectivity index (χ0) is 15.5. The Hall–Kier alpha value is -1.26. The van der Waals surface area contributed by atoms with Gasteiger partial charge in [0.05, 0.1) is 0 Å². The average Bonchev–Trinajstić information content (AvgIpc) is 3.13. The van der Waals surface area contributed by atoms with Crippen molar-refractivity contribution >= 4 is 12.0 Å². The lowest BCUT2D eigenvalue weighted by atomic mass is 9.93. The van der Waals surface area contributed by atoms with Crippen molar-refractivity contribution in [3.05, 3.63) is 0 Å². The van der Waals surface area contributed by atoms with Gasteiger partial charge in [0.2, 0.25) is 0 Å². The van der Waals surface area contributed by atoms with E-state index in [9.17, 15) is 14.7 Å². The van der Waals surface area contributed by atoms with Crippen molar-refractivity contribution in [2.45, 2.75) is 76.8 Å². The first-order valence-corrected chi connectivity index (χ1v) is 8.36. The van der Waals surface area contributed by atoms with Gasteiger partial charge in [-0.05, 0) is 44.4 Å². The van der Waals surface area contributed by atoms with Gasteiger partial charge in [0.1, 0.15) is 5.54 Å². The molecule has 1 saturated heterocycles. The van der Waals surface area contributed by atoms with E-state index in [1.54, 1.807) is 0 Å². The molecule has 0 spiro atoms. The molecule has 0 aromatic heterocycles. The van der Waals surface area contributed by atoms with Crippen molar-refractivity contribution in [1.82, 2.24) is 10.2 Å². The van der Waals surface area contributed by atoms with Crippen molar-refractivity contribution in [3.8, 4) is 0 Å². The fraction of sp³-hybridized carbons (Fsp3) is 0.875. The Kier molecular flexibility index (Phi) is 5.12. The summed E-state index contributed by atoms with van der Waals surface area (Å²) in [5.41, 5.74) is -1.13. The standard InChI is InChI=1S/C16H28N2O3/c1-3-16(4-2,14(19)20)17-15(21)18-11-7-10-13(18)12-8-5-6-9-12/h12-13H,3-11H2,1-2H3,(H,17,21)(H,19,20). The van der Waals surface area contributed by atoms with E-state index < -0.39 is 11.5 Å². The van der Waals surface area contributed by atoms with Crippen LogP contribution in [0.25, 0.3) is 0 Å². The lowest BCUT2D eigenvalue weighted by Gasteiger charge is -2.34. The number of likely N-dealkylation sites (tertiary alicyclic amines) is 1. The van der Waals surface area contributed by atoms with Gasteiger partial charge in [-0.15, -0.1) is 0 Å². The van der Waals surface area contributed by atoms with Gasteiger partial charge in [-0.25, -0.2) is 9.59 Å². The Balaban J connectivity index is 2.05. The van der Waals surface area contributed by atoms with Gasteiger partial charge >= 0.3 is 12.0 Å². The topological polar surface area (TPSA) is 69.6 Å². The number of hydrogen-bond acceptors (Lipinski definition) is 2. The summed E-state index contributed by atoms with van der Waals surface area (Å²) in [7, 11) is 0. The molecule has 0 aromatic carbocycles. The molecule has 0 aromatic rings. The van der Waals surface area contributed by atoms with Crippen LogP contribution in [-0.2, 0) is 4.79 Å². The molecule has 1 heterocycles. The SMILES string of the molecule is CCC(CC)(NC(=O)N1CCCC1C1CCCC1)C(=O)O. The Bertz CT molecular complexity index is 387.